The van der Waals surface area contributed by atoms with Gasteiger partial charge in [0.15, 0.2) is 11.5 Å². The van der Waals surface area contributed by atoms with Crippen LogP contribution in [0.2, 0.25) is 0 Å². The van der Waals surface area contributed by atoms with Crippen molar-refractivity contribution in [2.24, 2.45) is 0 Å². The fourth-order valence-electron chi connectivity index (χ4n) is 3.30. The van der Waals surface area contributed by atoms with Gasteiger partial charge in [0, 0.05) is 6.54 Å². The van der Waals surface area contributed by atoms with Crippen LogP contribution < -0.4 is 4.74 Å². The van der Waals surface area contributed by atoms with Gasteiger partial charge < -0.3 is 23.6 Å². The van der Waals surface area contributed by atoms with E-state index in [1.807, 2.05) is 6.07 Å². The number of carbonyl (C=O) groups excluding carboxylic acids is 2. The molecule has 2 aromatic heterocycles. The van der Waals surface area contributed by atoms with Gasteiger partial charge >= 0.3 is 0 Å². The SMILES string of the molecule is COc1cccc(CN2C(=O)C(O)=C(C(=O)c3ccco3)C2c2ccco2)c1. The molecule has 1 aliphatic rings. The highest BCUT2D eigenvalue weighted by Gasteiger charge is 2.45. The predicted octanol–water partition coefficient (Wildman–Crippen LogP) is 3.66. The second-order valence-electron chi connectivity index (χ2n) is 6.27. The summed E-state index contributed by atoms with van der Waals surface area (Å²) in [6.45, 7) is 0.153. The van der Waals surface area contributed by atoms with Crippen molar-refractivity contribution in [3.8, 4) is 5.75 Å². The van der Waals surface area contributed by atoms with Gasteiger partial charge in [-0.1, -0.05) is 12.1 Å². The summed E-state index contributed by atoms with van der Waals surface area (Å²) < 4.78 is 15.9. The lowest BCUT2D eigenvalue weighted by molar-refractivity contribution is -0.130. The third-order valence-corrected chi connectivity index (χ3v) is 4.59. The molecule has 28 heavy (non-hydrogen) atoms. The normalized spacial score (nSPS) is 16.7. The van der Waals surface area contributed by atoms with Gasteiger partial charge in [-0.2, -0.15) is 0 Å². The molecule has 1 aliphatic heterocycles. The summed E-state index contributed by atoms with van der Waals surface area (Å²) in [6.07, 6.45) is 2.81. The highest BCUT2D eigenvalue weighted by atomic mass is 16.5. The highest BCUT2D eigenvalue weighted by molar-refractivity contribution is 6.14. The Morgan fingerprint density at radius 3 is 2.61 bits per heavy atom. The Bertz CT molecular complexity index is 1030. The fourth-order valence-corrected chi connectivity index (χ4v) is 3.30. The van der Waals surface area contributed by atoms with Crippen LogP contribution in [0.4, 0.5) is 0 Å². The van der Waals surface area contributed by atoms with Crippen LogP contribution in [0, 0.1) is 0 Å². The van der Waals surface area contributed by atoms with Gasteiger partial charge in [-0.25, -0.2) is 0 Å². The quantitative estimate of drug-likeness (QED) is 0.657. The summed E-state index contributed by atoms with van der Waals surface area (Å²) in [7, 11) is 1.55. The van der Waals surface area contributed by atoms with Gasteiger partial charge in [-0.05, 0) is 42.0 Å². The second kappa shape index (κ2) is 7.11. The van der Waals surface area contributed by atoms with Crippen LogP contribution in [0.25, 0.3) is 0 Å². The molecule has 1 aromatic carbocycles. The first kappa shape index (κ1) is 17.7. The molecule has 0 fully saturated rings. The minimum absolute atomic E-state index is 0.0362. The van der Waals surface area contributed by atoms with Crippen LogP contribution in [0.15, 0.2) is 81.2 Å². The van der Waals surface area contributed by atoms with Gasteiger partial charge in [0.2, 0.25) is 5.78 Å². The molecular weight excluding hydrogens is 362 g/mol. The van der Waals surface area contributed by atoms with Crippen molar-refractivity contribution in [2.75, 3.05) is 7.11 Å². The van der Waals surface area contributed by atoms with E-state index >= 15 is 0 Å². The number of ketones is 1. The Kier molecular flexibility index (Phi) is 4.49. The molecule has 3 aromatic rings. The van der Waals surface area contributed by atoms with Crippen molar-refractivity contribution in [2.45, 2.75) is 12.6 Å². The summed E-state index contributed by atoms with van der Waals surface area (Å²) in [5, 5.41) is 10.5. The summed E-state index contributed by atoms with van der Waals surface area (Å²) in [5.74, 6) is -0.776. The van der Waals surface area contributed by atoms with Crippen molar-refractivity contribution in [1.29, 1.82) is 0 Å². The minimum Gasteiger partial charge on any atom is -0.503 e. The first-order valence-electron chi connectivity index (χ1n) is 8.58. The molecule has 7 nitrogen and oxygen atoms in total. The molecule has 1 unspecified atom stereocenters. The van der Waals surface area contributed by atoms with E-state index in [-0.39, 0.29) is 17.9 Å². The molecule has 0 bridgehead atoms. The third kappa shape index (κ3) is 2.96. The molecule has 4 rings (SSSR count). The van der Waals surface area contributed by atoms with E-state index < -0.39 is 23.5 Å². The van der Waals surface area contributed by atoms with E-state index in [2.05, 4.69) is 0 Å². The summed E-state index contributed by atoms with van der Waals surface area (Å²) in [5.41, 5.74) is 0.710. The van der Waals surface area contributed by atoms with Crippen LogP contribution in [0.5, 0.6) is 5.75 Å². The second-order valence-corrected chi connectivity index (χ2v) is 6.27. The lowest BCUT2D eigenvalue weighted by Crippen LogP contribution is -2.30. The molecule has 0 radical (unpaired) electrons. The van der Waals surface area contributed by atoms with E-state index in [1.54, 1.807) is 43.5 Å². The smallest absolute Gasteiger partial charge is 0.290 e. The van der Waals surface area contributed by atoms with Crippen LogP contribution in [-0.4, -0.2) is 28.8 Å². The number of benzene rings is 1. The van der Waals surface area contributed by atoms with Crippen molar-refractivity contribution in [1.82, 2.24) is 4.90 Å². The predicted molar refractivity (Wildman–Crippen MR) is 97.7 cm³/mol. The van der Waals surface area contributed by atoms with Gasteiger partial charge in [0.25, 0.3) is 5.91 Å². The third-order valence-electron chi connectivity index (χ3n) is 4.59. The van der Waals surface area contributed by atoms with E-state index in [0.717, 1.165) is 5.56 Å². The molecule has 0 saturated carbocycles. The number of aliphatic hydroxyl groups is 1. The standard InChI is InChI=1S/C21H17NO6/c1-26-14-6-2-5-13(11-14)12-22-18(15-7-3-9-27-15)17(20(24)21(22)25)19(23)16-8-4-10-28-16/h2-11,18,24H,12H2,1H3. The minimum atomic E-state index is -0.869. The van der Waals surface area contributed by atoms with E-state index in [1.165, 1.54) is 23.5 Å². The summed E-state index contributed by atoms with van der Waals surface area (Å²) in [4.78, 5) is 27.1. The van der Waals surface area contributed by atoms with Crippen LogP contribution in [0.1, 0.15) is 27.9 Å². The molecule has 0 aliphatic carbocycles. The molecule has 7 heteroatoms. The lowest BCUT2D eigenvalue weighted by Gasteiger charge is -2.25. The number of amides is 1. The number of carbonyl (C=O) groups is 2. The molecule has 0 spiro atoms. The van der Waals surface area contributed by atoms with Crippen molar-refractivity contribution in [3.63, 3.8) is 0 Å². The summed E-state index contributed by atoms with van der Waals surface area (Å²) in [6, 6.07) is 12.7. The number of methoxy groups -OCH3 is 1. The zero-order valence-electron chi connectivity index (χ0n) is 15.0. The molecule has 3 heterocycles. The topological polar surface area (TPSA) is 93.1 Å². The number of rotatable bonds is 6. The molecule has 1 amide bonds. The molecule has 0 saturated heterocycles. The van der Waals surface area contributed by atoms with Crippen molar-refractivity contribution >= 4 is 11.7 Å². The highest BCUT2D eigenvalue weighted by Crippen LogP contribution is 2.40. The largest absolute Gasteiger partial charge is 0.503 e. The molecular formula is C21H17NO6. The average Bonchev–Trinajstić information content (AvgIpc) is 3.46. The first-order chi connectivity index (χ1) is 13.6. The van der Waals surface area contributed by atoms with E-state index in [4.69, 9.17) is 13.6 Å². The number of Topliss-reactive ketones (excluding diaryl/α,β-unsaturated/α-hetero) is 1. The van der Waals surface area contributed by atoms with Gasteiger partial charge in [0.05, 0.1) is 25.2 Å². The molecule has 1 atom stereocenters. The monoisotopic (exact) mass is 379 g/mol. The maximum absolute atomic E-state index is 12.9. The van der Waals surface area contributed by atoms with Crippen molar-refractivity contribution in [3.05, 3.63) is 89.5 Å². The number of hydrogen-bond donors (Lipinski definition) is 1. The van der Waals surface area contributed by atoms with Gasteiger partial charge in [-0.3, -0.25) is 9.59 Å². The van der Waals surface area contributed by atoms with Gasteiger partial charge in [0.1, 0.15) is 17.6 Å². The fraction of sp³-hybridized carbons (Fsp3) is 0.143. The zero-order chi connectivity index (χ0) is 19.7. The Morgan fingerprint density at radius 2 is 1.93 bits per heavy atom. The van der Waals surface area contributed by atoms with Crippen LogP contribution >= 0.6 is 0 Å². The Balaban J connectivity index is 1.75. The summed E-state index contributed by atoms with van der Waals surface area (Å²) >= 11 is 0. The van der Waals surface area contributed by atoms with E-state index in [9.17, 15) is 14.7 Å². The maximum atomic E-state index is 12.9. The number of furan rings is 2. The van der Waals surface area contributed by atoms with Crippen LogP contribution in [-0.2, 0) is 11.3 Å². The Morgan fingerprint density at radius 1 is 1.14 bits per heavy atom. The first-order valence-corrected chi connectivity index (χ1v) is 8.58. The number of ether oxygens (including phenoxy) is 1. The van der Waals surface area contributed by atoms with Gasteiger partial charge in [-0.15, -0.1) is 0 Å². The van der Waals surface area contributed by atoms with Crippen LogP contribution in [0.3, 0.4) is 0 Å². The maximum Gasteiger partial charge on any atom is 0.290 e. The van der Waals surface area contributed by atoms with Crippen molar-refractivity contribution < 1.29 is 28.3 Å². The molecule has 1 N–H and O–H groups in total. The van der Waals surface area contributed by atoms with E-state index in [0.29, 0.717) is 11.5 Å². The number of aliphatic hydroxyl groups excluding tert-OH is 1. The Labute approximate surface area is 160 Å². The Hall–Kier alpha value is -3.74. The lowest BCUT2D eigenvalue weighted by atomic mass is 9.99. The average molecular weight is 379 g/mol. The number of hydrogen-bond acceptors (Lipinski definition) is 6. The zero-order valence-corrected chi connectivity index (χ0v) is 15.0. The number of nitrogens with zero attached hydrogens (tertiary/aromatic N) is 1. The molecule has 142 valence electrons.